The second-order valence-corrected chi connectivity index (χ2v) is 6.45. The van der Waals surface area contributed by atoms with Gasteiger partial charge in [0.05, 0.1) is 0 Å². The third-order valence-electron chi connectivity index (χ3n) is 4.79. The first kappa shape index (κ1) is 15.7. The molecule has 0 atom stereocenters. The van der Waals surface area contributed by atoms with Crippen LogP contribution in [0, 0.1) is 11.3 Å². The molecule has 0 aromatic carbocycles. The lowest BCUT2D eigenvalue weighted by Gasteiger charge is -2.36. The maximum atomic E-state index is 11.9. The number of nitrogens with one attached hydrogen (secondary N) is 1. The lowest BCUT2D eigenvalue weighted by atomic mass is 9.69. The van der Waals surface area contributed by atoms with E-state index in [4.69, 9.17) is 0 Å². The van der Waals surface area contributed by atoms with Crippen LogP contribution in [0.1, 0.15) is 63.4 Å². The van der Waals surface area contributed by atoms with Crippen molar-refractivity contribution in [2.75, 3.05) is 0 Å². The Kier molecular flexibility index (Phi) is 5.10. The Morgan fingerprint density at radius 1 is 1.38 bits per heavy atom. The molecule has 1 aliphatic carbocycles. The molecule has 1 heterocycles. The molecule has 4 nitrogen and oxygen atoms in total. The molecule has 1 amide bonds. The first-order valence-corrected chi connectivity index (χ1v) is 7.79. The van der Waals surface area contributed by atoms with Crippen molar-refractivity contribution in [2.45, 2.75) is 52.9 Å². The maximum absolute atomic E-state index is 11.9. The minimum atomic E-state index is -0.237. The highest BCUT2D eigenvalue weighted by Gasteiger charge is 2.30. The van der Waals surface area contributed by atoms with E-state index in [0.29, 0.717) is 11.1 Å². The largest absolute Gasteiger partial charge is 0.289 e. The molecule has 1 N–H and O–H groups in total. The molecule has 1 aromatic heterocycles. The van der Waals surface area contributed by atoms with E-state index in [-0.39, 0.29) is 5.91 Å². The first-order valence-electron chi connectivity index (χ1n) is 7.79. The molecule has 1 aromatic rings. The summed E-state index contributed by atoms with van der Waals surface area (Å²) >= 11 is 0. The molecule has 1 aliphatic rings. The zero-order valence-corrected chi connectivity index (χ0v) is 13.2. The summed E-state index contributed by atoms with van der Waals surface area (Å²) in [6.07, 6.45) is 7.12. The summed E-state index contributed by atoms with van der Waals surface area (Å²) in [4.78, 5) is 15.9. The number of hydrogen-bond donors (Lipinski definition) is 1. The molecule has 0 aliphatic heterocycles. The molecule has 114 valence electrons. The number of nitrogens with zero attached hydrogens (tertiary/aromatic N) is 2. The van der Waals surface area contributed by atoms with Gasteiger partial charge in [-0.1, -0.05) is 33.3 Å². The Labute approximate surface area is 127 Å². The van der Waals surface area contributed by atoms with Crippen molar-refractivity contribution in [3.63, 3.8) is 0 Å². The fourth-order valence-electron chi connectivity index (χ4n) is 2.82. The van der Waals surface area contributed by atoms with Crippen molar-refractivity contribution < 1.29 is 4.79 Å². The number of pyridine rings is 1. The fraction of sp³-hybridized carbons (Fsp3) is 0.588. The van der Waals surface area contributed by atoms with Crippen LogP contribution in [0.25, 0.3) is 0 Å². The van der Waals surface area contributed by atoms with Gasteiger partial charge in [0.25, 0.3) is 5.91 Å². The standard InChI is InChI=1S/C17H25N3O/c1-4-17(2,3)13-8-10-14(11-9-13)19-20-16(21)15-7-5-6-12-18-15/h5-7,12-13H,4,8-11H2,1-3H3,(H,20,21). The van der Waals surface area contributed by atoms with Crippen LogP contribution in [0.5, 0.6) is 0 Å². The van der Waals surface area contributed by atoms with Gasteiger partial charge in [0, 0.05) is 11.9 Å². The number of amides is 1. The normalized spacial score (nSPS) is 19.2. The molecule has 0 bridgehead atoms. The summed E-state index contributed by atoms with van der Waals surface area (Å²) in [5.41, 5.74) is 4.53. The Balaban J connectivity index is 1.87. The maximum Gasteiger partial charge on any atom is 0.289 e. The topological polar surface area (TPSA) is 54.4 Å². The van der Waals surface area contributed by atoms with Gasteiger partial charge in [-0.05, 0) is 49.1 Å². The predicted molar refractivity (Wildman–Crippen MR) is 85.2 cm³/mol. The Hall–Kier alpha value is -1.71. The summed E-state index contributed by atoms with van der Waals surface area (Å²) in [5.74, 6) is 0.520. The van der Waals surface area contributed by atoms with E-state index in [1.165, 1.54) is 19.3 Å². The number of hydrazone groups is 1. The highest BCUT2D eigenvalue weighted by molar-refractivity contribution is 5.93. The highest BCUT2D eigenvalue weighted by atomic mass is 16.2. The number of rotatable bonds is 4. The minimum Gasteiger partial charge on any atom is -0.266 e. The lowest BCUT2D eigenvalue weighted by Crippen LogP contribution is -2.29. The Morgan fingerprint density at radius 2 is 2.10 bits per heavy atom. The van der Waals surface area contributed by atoms with E-state index in [0.717, 1.165) is 24.5 Å². The van der Waals surface area contributed by atoms with E-state index >= 15 is 0 Å². The summed E-state index contributed by atoms with van der Waals surface area (Å²) in [6.45, 7) is 6.96. The predicted octanol–water partition coefficient (Wildman–Crippen LogP) is 3.79. The summed E-state index contributed by atoms with van der Waals surface area (Å²) in [6, 6.07) is 5.28. The molecule has 1 fully saturated rings. The fourth-order valence-corrected chi connectivity index (χ4v) is 2.82. The van der Waals surface area contributed by atoms with Crippen LogP contribution in [-0.4, -0.2) is 16.6 Å². The molecular formula is C17H25N3O. The van der Waals surface area contributed by atoms with Crippen LogP contribution >= 0.6 is 0 Å². The molecule has 21 heavy (non-hydrogen) atoms. The van der Waals surface area contributed by atoms with Gasteiger partial charge in [-0.25, -0.2) is 5.43 Å². The van der Waals surface area contributed by atoms with Gasteiger partial charge in [0.15, 0.2) is 0 Å². The van der Waals surface area contributed by atoms with Crippen molar-refractivity contribution in [2.24, 2.45) is 16.4 Å². The molecule has 1 saturated carbocycles. The smallest absolute Gasteiger partial charge is 0.266 e. The summed E-state index contributed by atoms with van der Waals surface area (Å²) < 4.78 is 0. The minimum absolute atomic E-state index is 0.237. The second kappa shape index (κ2) is 6.83. The Bertz CT molecular complexity index is 498. The monoisotopic (exact) mass is 287 g/mol. The molecule has 2 rings (SSSR count). The second-order valence-electron chi connectivity index (χ2n) is 6.45. The van der Waals surface area contributed by atoms with Crippen molar-refractivity contribution in [3.05, 3.63) is 30.1 Å². The van der Waals surface area contributed by atoms with E-state index in [1.807, 2.05) is 0 Å². The van der Waals surface area contributed by atoms with E-state index in [2.05, 4.69) is 36.3 Å². The van der Waals surface area contributed by atoms with Crippen molar-refractivity contribution in [1.82, 2.24) is 10.4 Å². The van der Waals surface area contributed by atoms with Crippen molar-refractivity contribution in [1.29, 1.82) is 0 Å². The highest BCUT2D eigenvalue weighted by Crippen LogP contribution is 2.39. The van der Waals surface area contributed by atoms with Crippen LogP contribution < -0.4 is 5.43 Å². The van der Waals surface area contributed by atoms with Gasteiger partial charge < -0.3 is 0 Å². The van der Waals surface area contributed by atoms with E-state index in [9.17, 15) is 4.79 Å². The lowest BCUT2D eigenvalue weighted by molar-refractivity contribution is 0.0949. The number of hydrogen-bond acceptors (Lipinski definition) is 3. The average Bonchev–Trinajstić information content (AvgIpc) is 2.54. The number of carbonyl (C=O) groups is 1. The van der Waals surface area contributed by atoms with Crippen molar-refractivity contribution >= 4 is 11.6 Å². The van der Waals surface area contributed by atoms with E-state index < -0.39 is 0 Å². The summed E-state index contributed by atoms with van der Waals surface area (Å²) in [7, 11) is 0. The zero-order valence-electron chi connectivity index (χ0n) is 13.2. The van der Waals surface area contributed by atoms with Crippen LogP contribution in [0.4, 0.5) is 0 Å². The third kappa shape index (κ3) is 4.13. The molecule has 0 unspecified atom stereocenters. The van der Waals surface area contributed by atoms with Gasteiger partial charge in [0.2, 0.25) is 0 Å². The van der Waals surface area contributed by atoms with E-state index in [1.54, 1.807) is 24.4 Å². The van der Waals surface area contributed by atoms with Gasteiger partial charge in [0.1, 0.15) is 5.69 Å². The molecule has 0 radical (unpaired) electrons. The molecule has 4 heteroatoms. The van der Waals surface area contributed by atoms with Crippen molar-refractivity contribution in [3.8, 4) is 0 Å². The van der Waals surface area contributed by atoms with Gasteiger partial charge in [-0.2, -0.15) is 5.10 Å². The van der Waals surface area contributed by atoms with Gasteiger partial charge in [-0.3, -0.25) is 9.78 Å². The summed E-state index contributed by atoms with van der Waals surface area (Å²) in [5, 5.41) is 4.28. The SMILES string of the molecule is CCC(C)(C)C1CCC(=NNC(=O)c2ccccn2)CC1. The quantitative estimate of drug-likeness (QED) is 0.856. The molecule has 0 spiro atoms. The first-order chi connectivity index (χ1) is 10.0. The molecular weight excluding hydrogens is 262 g/mol. The van der Waals surface area contributed by atoms with Gasteiger partial charge in [-0.15, -0.1) is 0 Å². The van der Waals surface area contributed by atoms with Gasteiger partial charge >= 0.3 is 0 Å². The zero-order chi connectivity index (χ0) is 15.3. The number of carbonyl (C=O) groups excluding carboxylic acids is 1. The van der Waals surface area contributed by atoms with Crippen LogP contribution in [-0.2, 0) is 0 Å². The average molecular weight is 287 g/mol. The van der Waals surface area contributed by atoms with Crippen LogP contribution in [0.3, 0.4) is 0 Å². The molecule has 0 saturated heterocycles. The van der Waals surface area contributed by atoms with Crippen LogP contribution in [0.15, 0.2) is 29.5 Å². The third-order valence-corrected chi connectivity index (χ3v) is 4.79. The Morgan fingerprint density at radius 3 is 2.67 bits per heavy atom. The van der Waals surface area contributed by atoms with Crippen LogP contribution in [0.2, 0.25) is 0 Å². The number of aromatic nitrogens is 1.